The van der Waals surface area contributed by atoms with Gasteiger partial charge in [0.15, 0.2) is 5.72 Å². The van der Waals surface area contributed by atoms with Crippen molar-refractivity contribution in [2.24, 2.45) is 5.73 Å². The van der Waals surface area contributed by atoms with E-state index in [1.54, 1.807) is 41.5 Å². The number of rotatable bonds is 19. The number of carboxylic acids is 1. The van der Waals surface area contributed by atoms with Gasteiger partial charge in [0.05, 0.1) is 31.8 Å². The molecule has 57 heavy (non-hydrogen) atoms. The molecule has 1 aliphatic rings. The average molecular weight is 796 g/mol. The van der Waals surface area contributed by atoms with Crippen LogP contribution in [0.5, 0.6) is 0 Å². The molecule has 3 rings (SSSR count). The van der Waals surface area contributed by atoms with Gasteiger partial charge in [0, 0.05) is 18.8 Å². The van der Waals surface area contributed by atoms with Crippen molar-refractivity contribution in [2.75, 3.05) is 26.4 Å². The number of hydrogen-bond acceptors (Lipinski definition) is 12. The lowest BCUT2D eigenvalue weighted by Crippen LogP contribution is -2.61. The molecule has 3 atom stereocenters. The fraction of sp³-hybridized carbons (Fsp3) is 0.475. The molecule has 0 heterocycles. The molecule has 0 bridgehead atoms. The summed E-state index contributed by atoms with van der Waals surface area (Å²) in [5.74, 6) is -6.39. The van der Waals surface area contributed by atoms with E-state index in [-0.39, 0.29) is 19.1 Å². The minimum absolute atomic E-state index is 0.107. The first-order valence-electron chi connectivity index (χ1n) is 18.3. The summed E-state index contributed by atoms with van der Waals surface area (Å²) in [7, 11) is 0. The summed E-state index contributed by atoms with van der Waals surface area (Å²) in [6, 6.07) is 12.3. The van der Waals surface area contributed by atoms with Gasteiger partial charge < -0.3 is 40.0 Å². The van der Waals surface area contributed by atoms with Crippen molar-refractivity contribution in [1.29, 1.82) is 0 Å². The van der Waals surface area contributed by atoms with Gasteiger partial charge in [-0.2, -0.15) is 0 Å². The Morgan fingerprint density at radius 3 is 1.98 bits per heavy atom. The molecule has 5 amide bonds. The maximum absolute atomic E-state index is 13.3. The van der Waals surface area contributed by atoms with Crippen LogP contribution in [0.4, 0.5) is 4.79 Å². The standard InChI is InChI=1S/C40H53N5O12/c1-8-19-55-40(41,18-17-32(47)48)36(52)44-30(23-56-38(2,3)4)34(50)42-21-31(46)43-29(20-33(49)57-39(5,6)7)35(51)45-37(53)54-22-28-26-15-11-9-13-24(26)25-14-10-12-16-27(25)28/h8-16,28-30H,1,17-23,41H2,2-7H3,(H,42,50)(H,43,46)(H,44,52)(H,47,48)(H,45,51,53)/t29-,30+,40+/m0/s1. The smallest absolute Gasteiger partial charge is 0.413 e. The molecule has 310 valence electrons. The number of ether oxygens (including phenoxy) is 4. The predicted octanol–water partition coefficient (Wildman–Crippen LogP) is 2.41. The Bertz CT molecular complexity index is 1770. The summed E-state index contributed by atoms with van der Waals surface area (Å²) in [5.41, 5.74) is 6.13. The zero-order valence-corrected chi connectivity index (χ0v) is 33.1. The van der Waals surface area contributed by atoms with E-state index in [4.69, 9.17) is 29.8 Å². The van der Waals surface area contributed by atoms with Gasteiger partial charge in [0.25, 0.3) is 11.8 Å². The molecular formula is C40H53N5O12. The quantitative estimate of drug-likeness (QED) is 0.0680. The summed E-state index contributed by atoms with van der Waals surface area (Å²) in [4.78, 5) is 90.0. The minimum Gasteiger partial charge on any atom is -0.481 e. The second-order valence-corrected chi connectivity index (χ2v) is 15.3. The van der Waals surface area contributed by atoms with Gasteiger partial charge in [-0.15, -0.1) is 6.58 Å². The largest absolute Gasteiger partial charge is 0.481 e. The van der Waals surface area contributed by atoms with Crippen molar-refractivity contribution < 1.29 is 57.6 Å². The van der Waals surface area contributed by atoms with Gasteiger partial charge in [0.1, 0.15) is 24.3 Å². The summed E-state index contributed by atoms with van der Waals surface area (Å²) >= 11 is 0. The molecule has 0 unspecified atom stereocenters. The van der Waals surface area contributed by atoms with E-state index < -0.39 is 103 Å². The first-order valence-corrected chi connectivity index (χ1v) is 18.3. The monoisotopic (exact) mass is 795 g/mol. The highest BCUT2D eigenvalue weighted by molar-refractivity contribution is 5.99. The van der Waals surface area contributed by atoms with Crippen molar-refractivity contribution in [3.05, 3.63) is 72.3 Å². The van der Waals surface area contributed by atoms with Crippen molar-refractivity contribution in [3.8, 4) is 11.1 Å². The van der Waals surface area contributed by atoms with Crippen molar-refractivity contribution in [1.82, 2.24) is 21.3 Å². The van der Waals surface area contributed by atoms with E-state index in [2.05, 4.69) is 27.8 Å². The number of fused-ring (bicyclic) bond motifs is 3. The molecule has 0 fully saturated rings. The Labute approximate surface area is 331 Å². The summed E-state index contributed by atoms with van der Waals surface area (Å²) in [6.45, 7) is 11.9. The topological polar surface area (TPSA) is 251 Å². The maximum Gasteiger partial charge on any atom is 0.413 e. The molecule has 2 aromatic rings. The summed E-state index contributed by atoms with van der Waals surface area (Å²) < 4.78 is 21.9. The second kappa shape index (κ2) is 20.0. The molecule has 1 aliphatic carbocycles. The molecule has 0 aromatic heterocycles. The zero-order chi connectivity index (χ0) is 42.6. The predicted molar refractivity (Wildman–Crippen MR) is 206 cm³/mol. The maximum atomic E-state index is 13.3. The second-order valence-electron chi connectivity index (χ2n) is 15.3. The first kappa shape index (κ1) is 45.7. The number of aliphatic carboxylic acids is 1. The van der Waals surface area contributed by atoms with Crippen LogP contribution in [0.3, 0.4) is 0 Å². The lowest BCUT2D eigenvalue weighted by atomic mass is 9.98. The van der Waals surface area contributed by atoms with Gasteiger partial charge in [-0.25, -0.2) is 4.79 Å². The number of nitrogens with one attached hydrogen (secondary N) is 4. The average Bonchev–Trinajstić information content (AvgIpc) is 3.44. The van der Waals surface area contributed by atoms with Crippen LogP contribution in [0.1, 0.15) is 77.8 Å². The number of benzene rings is 2. The number of esters is 1. The van der Waals surface area contributed by atoms with Gasteiger partial charge in [0.2, 0.25) is 11.8 Å². The number of alkyl carbamates (subject to hydrolysis) is 1. The van der Waals surface area contributed by atoms with Crippen molar-refractivity contribution >= 4 is 41.7 Å². The van der Waals surface area contributed by atoms with Crippen LogP contribution >= 0.6 is 0 Å². The Hall–Kier alpha value is -5.65. The third kappa shape index (κ3) is 14.4. The van der Waals surface area contributed by atoms with E-state index in [0.29, 0.717) is 0 Å². The van der Waals surface area contributed by atoms with Gasteiger partial charge in [-0.05, 0) is 63.8 Å². The molecule has 0 saturated carbocycles. The summed E-state index contributed by atoms with van der Waals surface area (Å²) in [6.07, 6.45) is -1.48. The number of imide groups is 1. The van der Waals surface area contributed by atoms with E-state index in [0.717, 1.165) is 22.3 Å². The number of nitrogens with two attached hydrogens (primary N) is 1. The molecular weight excluding hydrogens is 742 g/mol. The fourth-order valence-electron chi connectivity index (χ4n) is 5.67. The van der Waals surface area contributed by atoms with Crippen LogP contribution in [0.15, 0.2) is 61.2 Å². The van der Waals surface area contributed by atoms with Gasteiger partial charge in [-0.3, -0.25) is 39.8 Å². The number of carbonyl (C=O) groups excluding carboxylic acids is 6. The molecule has 0 aliphatic heterocycles. The van der Waals surface area contributed by atoms with Crippen LogP contribution in [-0.4, -0.2) is 102 Å². The Morgan fingerprint density at radius 1 is 0.842 bits per heavy atom. The molecule has 7 N–H and O–H groups in total. The lowest BCUT2D eigenvalue weighted by molar-refractivity contribution is -0.156. The molecule has 17 nitrogen and oxygen atoms in total. The molecule has 2 aromatic carbocycles. The first-order chi connectivity index (χ1) is 26.6. The Kier molecular flexibility index (Phi) is 16.0. The van der Waals surface area contributed by atoms with E-state index in [1.807, 2.05) is 48.5 Å². The number of hydrogen-bond donors (Lipinski definition) is 6. The Morgan fingerprint density at radius 2 is 1.44 bits per heavy atom. The van der Waals surface area contributed by atoms with E-state index in [1.165, 1.54) is 6.08 Å². The van der Waals surface area contributed by atoms with Crippen molar-refractivity contribution in [2.45, 2.75) is 95.7 Å². The van der Waals surface area contributed by atoms with Crippen LogP contribution in [-0.2, 0) is 47.7 Å². The SMILES string of the molecule is C=CCO[C@](N)(CCC(=O)O)C(=O)N[C@H](COC(C)(C)C)C(=O)NCC(=O)N[C@@H](CC(=O)OC(C)(C)C)C(=O)NC(=O)OCC1c2ccccc2-c2ccccc21. The van der Waals surface area contributed by atoms with Gasteiger partial charge >= 0.3 is 18.0 Å². The molecule has 17 heteroatoms. The highest BCUT2D eigenvalue weighted by atomic mass is 16.6. The highest BCUT2D eigenvalue weighted by Crippen LogP contribution is 2.44. The fourth-order valence-corrected chi connectivity index (χ4v) is 5.67. The Balaban J connectivity index is 1.70. The van der Waals surface area contributed by atoms with Crippen molar-refractivity contribution in [3.63, 3.8) is 0 Å². The normalized spacial score (nSPS) is 14.4. The van der Waals surface area contributed by atoms with E-state index >= 15 is 0 Å². The number of carboxylic acid groups (broad SMARTS) is 1. The van der Waals surface area contributed by atoms with Crippen LogP contribution in [0.25, 0.3) is 11.1 Å². The van der Waals surface area contributed by atoms with E-state index in [9.17, 15) is 33.6 Å². The molecule has 0 radical (unpaired) electrons. The molecule has 0 spiro atoms. The van der Waals surface area contributed by atoms with Gasteiger partial charge in [-0.1, -0.05) is 54.6 Å². The highest BCUT2D eigenvalue weighted by Gasteiger charge is 2.38. The third-order valence-electron chi connectivity index (χ3n) is 8.29. The van der Waals surface area contributed by atoms with Crippen LogP contribution in [0.2, 0.25) is 0 Å². The lowest BCUT2D eigenvalue weighted by Gasteiger charge is -2.30. The van der Waals surface area contributed by atoms with Crippen LogP contribution < -0.4 is 27.0 Å². The summed E-state index contributed by atoms with van der Waals surface area (Å²) in [5, 5.41) is 18.3. The zero-order valence-electron chi connectivity index (χ0n) is 33.1. The molecule has 0 saturated heterocycles. The number of amides is 5. The number of carbonyl (C=O) groups is 7. The minimum atomic E-state index is -2.17. The third-order valence-corrected chi connectivity index (χ3v) is 8.29. The van der Waals surface area contributed by atoms with Crippen LogP contribution in [0, 0.1) is 0 Å².